The molecule has 0 unspecified atom stereocenters. The molecule has 3 aromatic rings. The zero-order valence-electron chi connectivity index (χ0n) is 16.5. The number of aliphatic hydroxyl groups is 1. The van der Waals surface area contributed by atoms with Crippen LogP contribution in [-0.4, -0.2) is 37.7 Å². The third-order valence-electron chi connectivity index (χ3n) is 4.37. The molecule has 0 aliphatic rings. The Kier molecular flexibility index (Phi) is 5.15. The summed E-state index contributed by atoms with van der Waals surface area (Å²) in [6.45, 7) is 8.94. The van der Waals surface area contributed by atoms with Crippen LogP contribution in [0.2, 0.25) is 0 Å². The van der Waals surface area contributed by atoms with Crippen molar-refractivity contribution < 1.29 is 9.84 Å². The maximum Gasteiger partial charge on any atom is 0.241 e. The molecule has 28 heavy (non-hydrogen) atoms. The number of aryl methyl sites for hydroxylation is 1. The van der Waals surface area contributed by atoms with E-state index in [-0.39, 0.29) is 5.82 Å². The molecule has 8 heteroatoms. The van der Waals surface area contributed by atoms with Crippen LogP contribution in [0.15, 0.2) is 42.0 Å². The molecule has 0 amide bonds. The number of anilines is 1. The highest BCUT2D eigenvalue weighted by Gasteiger charge is 2.19. The van der Waals surface area contributed by atoms with Crippen LogP contribution in [0.5, 0.6) is 0 Å². The van der Waals surface area contributed by atoms with Gasteiger partial charge in [0.05, 0.1) is 18.4 Å². The highest BCUT2D eigenvalue weighted by Crippen LogP contribution is 2.22. The Morgan fingerprint density at radius 3 is 2.79 bits per heavy atom. The molecule has 0 fully saturated rings. The Bertz CT molecular complexity index is 1060. The number of aromatic nitrogens is 4. The first kappa shape index (κ1) is 19.5. The lowest BCUT2D eigenvalue weighted by molar-refractivity contribution is 0.0785. The zero-order valence-corrected chi connectivity index (χ0v) is 16.5. The Hall–Kier alpha value is -3.26. The normalized spacial score (nSPS) is 12.4. The largest absolute Gasteiger partial charge is 0.479 e. The number of nitrogens with zero attached hydrogens (tertiary/aromatic N) is 5. The monoisotopic (exact) mass is 380 g/mol. The van der Waals surface area contributed by atoms with Crippen LogP contribution >= 0.6 is 0 Å². The van der Waals surface area contributed by atoms with Gasteiger partial charge in [-0.1, -0.05) is 30.8 Å². The van der Waals surface area contributed by atoms with Gasteiger partial charge >= 0.3 is 0 Å². The number of nitrogen functional groups attached to an aromatic ring is 1. The average Bonchev–Trinajstić information content (AvgIpc) is 3.07. The Labute approximate surface area is 163 Å². The summed E-state index contributed by atoms with van der Waals surface area (Å²) < 4.78 is 6.93. The minimum atomic E-state index is -0.913. The Morgan fingerprint density at radius 1 is 1.39 bits per heavy atom. The van der Waals surface area contributed by atoms with Gasteiger partial charge in [-0.05, 0) is 31.9 Å². The minimum absolute atomic E-state index is 0.235. The number of rotatable bonds is 5. The van der Waals surface area contributed by atoms with Crippen molar-refractivity contribution in [1.82, 2.24) is 19.6 Å². The average molecular weight is 380 g/mol. The van der Waals surface area contributed by atoms with Crippen molar-refractivity contribution in [3.8, 4) is 0 Å². The second-order valence-corrected chi connectivity index (χ2v) is 6.95. The lowest BCUT2D eigenvalue weighted by Crippen LogP contribution is -2.15. The molecule has 3 N–H and O–H groups in total. The van der Waals surface area contributed by atoms with Crippen LogP contribution in [0.25, 0.3) is 5.65 Å². The van der Waals surface area contributed by atoms with Gasteiger partial charge in [0, 0.05) is 12.6 Å². The molecule has 146 valence electrons. The lowest BCUT2D eigenvalue weighted by atomic mass is 9.96. The van der Waals surface area contributed by atoms with Gasteiger partial charge in [0.2, 0.25) is 5.90 Å². The van der Waals surface area contributed by atoms with Crippen molar-refractivity contribution in [2.45, 2.75) is 32.8 Å². The fourth-order valence-electron chi connectivity index (χ4n) is 2.92. The quantitative estimate of drug-likeness (QED) is 0.519. The van der Waals surface area contributed by atoms with E-state index >= 15 is 0 Å². The van der Waals surface area contributed by atoms with Gasteiger partial charge < -0.3 is 15.6 Å². The fraction of sp³-hybridized carbons (Fsp3) is 0.300. The van der Waals surface area contributed by atoms with Crippen LogP contribution in [-0.2, 0) is 16.8 Å². The zero-order chi connectivity index (χ0) is 20.5. The third-order valence-corrected chi connectivity index (χ3v) is 4.37. The van der Waals surface area contributed by atoms with Crippen molar-refractivity contribution in [3.63, 3.8) is 0 Å². The summed E-state index contributed by atoms with van der Waals surface area (Å²) in [7, 11) is 1.51. The van der Waals surface area contributed by atoms with Gasteiger partial charge in [0.15, 0.2) is 17.3 Å². The third kappa shape index (κ3) is 3.72. The summed E-state index contributed by atoms with van der Waals surface area (Å²) >= 11 is 0. The number of aliphatic imine (C=N–C) groups is 1. The van der Waals surface area contributed by atoms with Crippen LogP contribution in [0.1, 0.15) is 42.2 Å². The predicted molar refractivity (Wildman–Crippen MR) is 108 cm³/mol. The Morgan fingerprint density at radius 2 is 2.14 bits per heavy atom. The molecule has 2 aromatic heterocycles. The van der Waals surface area contributed by atoms with Gasteiger partial charge in [0.25, 0.3) is 0 Å². The lowest BCUT2D eigenvalue weighted by Gasteiger charge is -2.18. The van der Waals surface area contributed by atoms with Gasteiger partial charge in [-0.15, -0.1) is 0 Å². The smallest absolute Gasteiger partial charge is 0.241 e. The van der Waals surface area contributed by atoms with Gasteiger partial charge in [-0.2, -0.15) is 5.10 Å². The van der Waals surface area contributed by atoms with Gasteiger partial charge in [-0.3, -0.25) is 0 Å². The molecule has 0 saturated heterocycles. The first-order valence-corrected chi connectivity index (χ1v) is 8.81. The first-order chi connectivity index (χ1) is 13.2. The second-order valence-electron chi connectivity index (χ2n) is 6.95. The maximum absolute atomic E-state index is 10.2. The number of fused-ring (bicyclic) bond motifs is 1. The predicted octanol–water partition coefficient (Wildman–Crippen LogP) is 2.37. The van der Waals surface area contributed by atoms with E-state index in [1.54, 1.807) is 18.4 Å². The van der Waals surface area contributed by atoms with Crippen molar-refractivity contribution in [2.24, 2.45) is 4.99 Å². The maximum atomic E-state index is 10.2. The molecule has 0 atom stereocenters. The number of benzene rings is 1. The molecule has 1 aromatic carbocycles. The summed E-state index contributed by atoms with van der Waals surface area (Å²) in [6.07, 6.45) is 1.88. The van der Waals surface area contributed by atoms with E-state index in [2.05, 4.69) is 26.6 Å². The number of hydrogen-bond acceptors (Lipinski definition) is 7. The Balaban J connectivity index is 2.04. The molecule has 2 heterocycles. The summed E-state index contributed by atoms with van der Waals surface area (Å²) in [5.41, 5.74) is 8.67. The second kappa shape index (κ2) is 7.40. The molecule has 8 nitrogen and oxygen atoms in total. The van der Waals surface area contributed by atoms with Gasteiger partial charge in [0.1, 0.15) is 5.69 Å². The van der Waals surface area contributed by atoms with Crippen LogP contribution in [0.4, 0.5) is 5.82 Å². The molecular formula is C20H24N6O2. The van der Waals surface area contributed by atoms with Crippen molar-refractivity contribution in [1.29, 1.82) is 0 Å². The molecule has 0 saturated carbocycles. The van der Waals surface area contributed by atoms with Crippen molar-refractivity contribution in [2.75, 3.05) is 12.8 Å². The topological polar surface area (TPSA) is 111 Å². The SMILES string of the molecule is C=CN=C(OC)c1nc(N)c2nc(Cc3cccc(C(C)(C)O)c3)nn2c1C. The van der Waals surface area contributed by atoms with Gasteiger partial charge in [-0.25, -0.2) is 19.5 Å². The van der Waals surface area contributed by atoms with E-state index in [9.17, 15) is 5.11 Å². The molecule has 3 rings (SSSR count). The van der Waals surface area contributed by atoms with Crippen molar-refractivity contribution in [3.05, 3.63) is 65.4 Å². The minimum Gasteiger partial charge on any atom is -0.479 e. The standard InChI is InChI=1S/C20H24N6O2/c1-6-22-19(28-5)16-12(2)26-18(17(21)24-16)23-15(25-26)11-13-8-7-9-14(10-13)20(3,4)27/h6-10,27H,1,11H2,2-5H3,(H2,21,24). The number of hydrogen-bond donors (Lipinski definition) is 2. The summed E-state index contributed by atoms with van der Waals surface area (Å²) in [6, 6.07) is 7.73. The van der Waals surface area contributed by atoms with E-state index in [1.807, 2.05) is 31.2 Å². The molecule has 0 radical (unpaired) electrons. The highest BCUT2D eigenvalue weighted by atomic mass is 16.5. The number of nitrogens with two attached hydrogens (primary N) is 1. The number of ether oxygens (including phenoxy) is 1. The van der Waals surface area contributed by atoms with Crippen LogP contribution in [0, 0.1) is 6.92 Å². The molecule has 0 bridgehead atoms. The fourth-order valence-corrected chi connectivity index (χ4v) is 2.92. The number of methoxy groups -OCH3 is 1. The summed E-state index contributed by atoms with van der Waals surface area (Å²) in [5, 5.41) is 14.8. The highest BCUT2D eigenvalue weighted by molar-refractivity contribution is 5.94. The summed E-state index contributed by atoms with van der Waals surface area (Å²) in [5.74, 6) is 1.13. The summed E-state index contributed by atoms with van der Waals surface area (Å²) in [4.78, 5) is 13.0. The first-order valence-electron chi connectivity index (χ1n) is 8.81. The molecule has 0 spiro atoms. The van der Waals surface area contributed by atoms with E-state index in [0.29, 0.717) is 35.2 Å². The van der Waals surface area contributed by atoms with Crippen molar-refractivity contribution >= 4 is 17.4 Å². The van der Waals surface area contributed by atoms with E-state index in [1.165, 1.54) is 13.3 Å². The van der Waals surface area contributed by atoms with E-state index in [0.717, 1.165) is 11.1 Å². The molecule has 0 aliphatic heterocycles. The van der Waals surface area contributed by atoms with E-state index < -0.39 is 5.60 Å². The molecular weight excluding hydrogens is 356 g/mol. The van der Waals surface area contributed by atoms with Crippen LogP contribution < -0.4 is 5.73 Å². The molecule has 0 aliphatic carbocycles. The van der Waals surface area contributed by atoms with Crippen LogP contribution in [0.3, 0.4) is 0 Å². The van der Waals surface area contributed by atoms with E-state index in [4.69, 9.17) is 10.5 Å².